The van der Waals surface area contributed by atoms with Gasteiger partial charge in [-0.05, 0) is 56.0 Å². The number of hydrogen-bond acceptors (Lipinski definition) is 2. The highest BCUT2D eigenvalue weighted by atomic mass is 16.2. The van der Waals surface area contributed by atoms with E-state index in [2.05, 4.69) is 54.9 Å². The lowest BCUT2D eigenvalue weighted by atomic mass is 10.1. The number of nitrogens with one attached hydrogen (secondary N) is 1. The fourth-order valence-electron chi connectivity index (χ4n) is 3.09. The predicted octanol–water partition coefficient (Wildman–Crippen LogP) is 4.16. The van der Waals surface area contributed by atoms with Crippen molar-refractivity contribution in [2.75, 3.05) is 0 Å². The van der Waals surface area contributed by atoms with Gasteiger partial charge in [0.15, 0.2) is 0 Å². The molecule has 1 N–H and O–H groups in total. The summed E-state index contributed by atoms with van der Waals surface area (Å²) >= 11 is 0. The molecule has 26 heavy (non-hydrogen) atoms. The van der Waals surface area contributed by atoms with Crippen molar-refractivity contribution in [1.29, 1.82) is 0 Å². The molecule has 0 radical (unpaired) electrons. The van der Waals surface area contributed by atoms with Crippen molar-refractivity contribution in [3.05, 3.63) is 65.0 Å². The summed E-state index contributed by atoms with van der Waals surface area (Å²) in [6.45, 7) is 8.60. The number of aryl methyl sites for hydroxylation is 2. The average molecular weight is 349 g/mol. The summed E-state index contributed by atoms with van der Waals surface area (Å²) in [4.78, 5) is 17.4. The molecule has 1 aromatic heterocycles. The zero-order chi connectivity index (χ0) is 18.7. The summed E-state index contributed by atoms with van der Waals surface area (Å²) in [5.41, 5.74) is 5.61. The summed E-state index contributed by atoms with van der Waals surface area (Å²) in [5, 5.41) is 3.06. The Morgan fingerprint density at radius 2 is 1.85 bits per heavy atom. The van der Waals surface area contributed by atoms with Crippen molar-refractivity contribution in [3.8, 4) is 0 Å². The fourth-order valence-corrected chi connectivity index (χ4v) is 3.09. The monoisotopic (exact) mass is 349 g/mol. The minimum Gasteiger partial charge on any atom is -0.352 e. The Hall–Kier alpha value is -2.62. The number of carbonyl (C=O) groups is 1. The summed E-state index contributed by atoms with van der Waals surface area (Å²) < 4.78 is 2.06. The Labute approximate surface area is 155 Å². The van der Waals surface area contributed by atoms with E-state index in [0.29, 0.717) is 13.0 Å². The van der Waals surface area contributed by atoms with E-state index in [9.17, 15) is 4.79 Å². The quantitative estimate of drug-likeness (QED) is 0.726. The lowest BCUT2D eigenvalue weighted by molar-refractivity contribution is -0.122. The van der Waals surface area contributed by atoms with E-state index < -0.39 is 0 Å². The van der Waals surface area contributed by atoms with Gasteiger partial charge in [-0.15, -0.1) is 0 Å². The number of fused-ring (bicyclic) bond motifs is 1. The number of aromatic nitrogens is 2. The first-order valence-corrected chi connectivity index (χ1v) is 9.27. The number of benzene rings is 2. The summed E-state index contributed by atoms with van der Waals surface area (Å²) in [7, 11) is 0. The molecule has 1 heterocycles. The minimum absolute atomic E-state index is 0.0335. The second-order valence-electron chi connectivity index (χ2n) is 7.08. The lowest BCUT2D eigenvalue weighted by Gasteiger charge is -2.14. The van der Waals surface area contributed by atoms with Gasteiger partial charge in [-0.3, -0.25) is 4.79 Å². The van der Waals surface area contributed by atoms with Crippen LogP contribution >= 0.6 is 0 Å². The van der Waals surface area contributed by atoms with E-state index in [-0.39, 0.29) is 11.9 Å². The van der Waals surface area contributed by atoms with E-state index >= 15 is 0 Å². The molecule has 1 atom stereocenters. The molecule has 4 heteroatoms. The molecule has 0 saturated carbocycles. The van der Waals surface area contributed by atoms with Crippen LogP contribution in [0.4, 0.5) is 0 Å². The molecule has 0 unspecified atom stereocenters. The zero-order valence-corrected chi connectivity index (χ0v) is 16.0. The summed E-state index contributed by atoms with van der Waals surface area (Å²) in [5.74, 6) is 0.960. The second kappa shape index (κ2) is 7.73. The Morgan fingerprint density at radius 3 is 2.54 bits per heavy atom. The van der Waals surface area contributed by atoms with Crippen LogP contribution in [-0.4, -0.2) is 21.5 Å². The molecule has 3 rings (SSSR count). The standard InChI is InChI=1S/C22H27N3O/c1-5-17(4)23-22(26)14-25-20-12-16(3)15(2)11-19(20)24-21(25)13-18-9-7-6-8-10-18/h6-12,17H,5,13-14H2,1-4H3,(H,23,26)/t17-/m0/s1. The maximum atomic E-state index is 12.5. The first-order chi connectivity index (χ1) is 12.5. The van der Waals surface area contributed by atoms with Crippen LogP contribution in [-0.2, 0) is 17.8 Å². The first kappa shape index (κ1) is 18.2. The molecule has 0 aliphatic heterocycles. The van der Waals surface area contributed by atoms with E-state index in [1.54, 1.807) is 0 Å². The maximum Gasteiger partial charge on any atom is 0.240 e. The molecule has 4 nitrogen and oxygen atoms in total. The minimum atomic E-state index is 0.0335. The van der Waals surface area contributed by atoms with Gasteiger partial charge in [0.25, 0.3) is 0 Å². The molecule has 136 valence electrons. The number of hydrogen-bond donors (Lipinski definition) is 1. The highest BCUT2D eigenvalue weighted by molar-refractivity contribution is 5.82. The number of carbonyl (C=O) groups excluding carboxylic acids is 1. The molecule has 2 aromatic carbocycles. The van der Waals surface area contributed by atoms with E-state index in [0.717, 1.165) is 23.3 Å². The van der Waals surface area contributed by atoms with Crippen LogP contribution in [0.3, 0.4) is 0 Å². The van der Waals surface area contributed by atoms with Crippen LogP contribution in [0, 0.1) is 13.8 Å². The summed E-state index contributed by atoms with van der Waals surface area (Å²) in [6, 6.07) is 14.7. The van der Waals surface area contributed by atoms with Crippen molar-refractivity contribution >= 4 is 16.9 Å². The van der Waals surface area contributed by atoms with Crippen molar-refractivity contribution < 1.29 is 4.79 Å². The molecule has 1 amide bonds. The van der Waals surface area contributed by atoms with Crippen LogP contribution in [0.1, 0.15) is 42.8 Å². The molecule has 0 fully saturated rings. The molecule has 0 aliphatic carbocycles. The lowest BCUT2D eigenvalue weighted by Crippen LogP contribution is -2.35. The van der Waals surface area contributed by atoms with Crippen LogP contribution < -0.4 is 5.32 Å². The van der Waals surface area contributed by atoms with Crippen molar-refractivity contribution in [2.24, 2.45) is 0 Å². The van der Waals surface area contributed by atoms with Crippen LogP contribution in [0.15, 0.2) is 42.5 Å². The molecule has 0 bridgehead atoms. The van der Waals surface area contributed by atoms with Gasteiger partial charge >= 0.3 is 0 Å². The largest absolute Gasteiger partial charge is 0.352 e. The third kappa shape index (κ3) is 3.96. The van der Waals surface area contributed by atoms with Gasteiger partial charge in [-0.25, -0.2) is 4.98 Å². The van der Waals surface area contributed by atoms with Crippen LogP contribution in [0.25, 0.3) is 11.0 Å². The average Bonchev–Trinajstić information content (AvgIpc) is 2.92. The van der Waals surface area contributed by atoms with Crippen molar-refractivity contribution in [2.45, 2.75) is 53.1 Å². The highest BCUT2D eigenvalue weighted by Crippen LogP contribution is 2.22. The SMILES string of the molecule is CC[C@H](C)NC(=O)Cn1c(Cc2ccccc2)nc2cc(C)c(C)cc21. The number of amides is 1. The van der Waals surface area contributed by atoms with Gasteiger partial charge < -0.3 is 9.88 Å². The Balaban J connectivity index is 2.00. The number of imidazole rings is 1. The molecular weight excluding hydrogens is 322 g/mol. The van der Waals surface area contributed by atoms with Crippen LogP contribution in [0.2, 0.25) is 0 Å². The van der Waals surface area contributed by atoms with Gasteiger partial charge in [-0.1, -0.05) is 37.3 Å². The van der Waals surface area contributed by atoms with Crippen molar-refractivity contribution in [3.63, 3.8) is 0 Å². The van der Waals surface area contributed by atoms with E-state index in [1.165, 1.54) is 16.7 Å². The van der Waals surface area contributed by atoms with Gasteiger partial charge in [0.1, 0.15) is 12.4 Å². The molecule has 0 spiro atoms. The van der Waals surface area contributed by atoms with E-state index in [1.807, 2.05) is 25.1 Å². The highest BCUT2D eigenvalue weighted by Gasteiger charge is 2.16. The predicted molar refractivity (Wildman–Crippen MR) is 106 cm³/mol. The Bertz CT molecular complexity index is 912. The van der Waals surface area contributed by atoms with E-state index in [4.69, 9.17) is 4.98 Å². The normalized spacial score (nSPS) is 12.3. The fraction of sp³-hybridized carbons (Fsp3) is 0.364. The number of rotatable bonds is 6. The summed E-state index contributed by atoms with van der Waals surface area (Å²) in [6.07, 6.45) is 1.63. The van der Waals surface area contributed by atoms with Crippen LogP contribution in [0.5, 0.6) is 0 Å². The Morgan fingerprint density at radius 1 is 1.15 bits per heavy atom. The Kier molecular flexibility index (Phi) is 5.40. The van der Waals surface area contributed by atoms with Crippen molar-refractivity contribution in [1.82, 2.24) is 14.9 Å². The maximum absolute atomic E-state index is 12.5. The van der Waals surface area contributed by atoms with Gasteiger partial charge in [0.2, 0.25) is 5.91 Å². The second-order valence-corrected chi connectivity index (χ2v) is 7.08. The third-order valence-corrected chi connectivity index (χ3v) is 4.97. The first-order valence-electron chi connectivity index (χ1n) is 9.27. The van der Waals surface area contributed by atoms with Gasteiger partial charge in [0, 0.05) is 12.5 Å². The molecular formula is C22H27N3O. The smallest absolute Gasteiger partial charge is 0.240 e. The van der Waals surface area contributed by atoms with Gasteiger partial charge in [0.05, 0.1) is 11.0 Å². The molecule has 0 aliphatic rings. The molecule has 3 aromatic rings. The number of nitrogens with zero attached hydrogens (tertiary/aromatic N) is 2. The molecule has 0 saturated heterocycles. The van der Waals surface area contributed by atoms with Gasteiger partial charge in [-0.2, -0.15) is 0 Å². The third-order valence-electron chi connectivity index (χ3n) is 4.97. The zero-order valence-electron chi connectivity index (χ0n) is 16.0. The topological polar surface area (TPSA) is 46.9 Å².